The number of alkyl halides is 3. The fourth-order valence-corrected chi connectivity index (χ4v) is 4.37. The van der Waals surface area contributed by atoms with E-state index in [4.69, 9.17) is 16.3 Å². The Morgan fingerprint density at radius 3 is 2.42 bits per heavy atom. The van der Waals surface area contributed by atoms with Crippen molar-refractivity contribution in [3.05, 3.63) is 88.2 Å². The number of carbonyl (C=O) groups excluding carboxylic acids is 2. The first-order valence-electron chi connectivity index (χ1n) is 10.4. The summed E-state index contributed by atoms with van der Waals surface area (Å²) in [6.07, 6.45) is -1.99. The first-order chi connectivity index (χ1) is 17.0. The Labute approximate surface area is 208 Å². The van der Waals surface area contributed by atoms with Crippen LogP contribution in [0.5, 0.6) is 11.5 Å². The van der Waals surface area contributed by atoms with E-state index in [0.717, 1.165) is 17.0 Å². The van der Waals surface area contributed by atoms with Gasteiger partial charge in [0.15, 0.2) is 0 Å². The summed E-state index contributed by atoms with van der Waals surface area (Å²) < 4.78 is 46.9. The number of ether oxygens (including phenoxy) is 2. The number of amides is 1. The Kier molecular flexibility index (Phi) is 6.64. The Morgan fingerprint density at radius 1 is 1.14 bits per heavy atom. The summed E-state index contributed by atoms with van der Waals surface area (Å²) in [5.74, 6) is -2.92. The second kappa shape index (κ2) is 9.54. The number of hydrogen-bond acceptors (Lipinski definition) is 6. The molecule has 2 aromatic carbocycles. The topological polar surface area (TPSA) is 89.0 Å². The summed E-state index contributed by atoms with van der Waals surface area (Å²) in [5, 5.41) is 11.5. The molecule has 1 unspecified atom stereocenters. The van der Waals surface area contributed by atoms with Crippen molar-refractivity contribution >= 4 is 34.7 Å². The molecule has 1 amide bonds. The molecule has 3 aromatic rings. The smallest absolute Gasteiger partial charge is 0.507 e. The molecule has 186 valence electrons. The number of hydrogen-bond donors (Lipinski definition) is 1. The summed E-state index contributed by atoms with van der Waals surface area (Å²) in [4.78, 5) is 31.5. The maximum Gasteiger partial charge on any atom is 0.573 e. The molecule has 0 radical (unpaired) electrons. The summed E-state index contributed by atoms with van der Waals surface area (Å²) in [6, 6.07) is 9.66. The molecular formula is C25H18ClF3N2O5. The molecule has 2 heterocycles. The quantitative estimate of drug-likeness (QED) is 0.269. The van der Waals surface area contributed by atoms with Crippen molar-refractivity contribution in [1.29, 1.82) is 0 Å². The molecule has 4 rings (SSSR count). The summed E-state index contributed by atoms with van der Waals surface area (Å²) in [5.41, 5.74) is 0.988. The minimum absolute atomic E-state index is 0.100. The van der Waals surface area contributed by atoms with Gasteiger partial charge in [0.2, 0.25) is 0 Å². The van der Waals surface area contributed by atoms with Gasteiger partial charge < -0.3 is 14.6 Å². The van der Waals surface area contributed by atoms with Crippen LogP contribution in [0.4, 0.5) is 18.9 Å². The number of rotatable bonds is 5. The fraction of sp³-hybridized carbons (Fsp3) is 0.160. The second-order valence-corrected chi connectivity index (χ2v) is 8.23. The number of anilines is 1. The van der Waals surface area contributed by atoms with Gasteiger partial charge in [-0.1, -0.05) is 17.7 Å². The van der Waals surface area contributed by atoms with Crippen molar-refractivity contribution < 1.29 is 37.3 Å². The highest BCUT2D eigenvalue weighted by molar-refractivity contribution is 6.51. The lowest BCUT2D eigenvalue weighted by molar-refractivity contribution is -0.274. The van der Waals surface area contributed by atoms with Crippen LogP contribution in [0.25, 0.3) is 5.76 Å². The molecule has 0 saturated carbocycles. The van der Waals surface area contributed by atoms with Crippen LogP contribution in [-0.2, 0) is 9.59 Å². The van der Waals surface area contributed by atoms with E-state index < -0.39 is 35.6 Å². The zero-order chi connectivity index (χ0) is 26.2. The number of aliphatic hydroxyl groups excluding tert-OH is 1. The number of aromatic nitrogens is 1. The van der Waals surface area contributed by atoms with E-state index in [9.17, 15) is 27.9 Å². The van der Waals surface area contributed by atoms with Gasteiger partial charge >= 0.3 is 6.36 Å². The van der Waals surface area contributed by atoms with Gasteiger partial charge in [-0.05, 0) is 60.5 Å². The van der Waals surface area contributed by atoms with Gasteiger partial charge in [-0.2, -0.15) is 0 Å². The number of aryl methyl sites for hydroxylation is 1. The van der Waals surface area contributed by atoms with Crippen molar-refractivity contribution in [2.45, 2.75) is 19.3 Å². The van der Waals surface area contributed by atoms with Gasteiger partial charge in [0.05, 0.1) is 29.3 Å². The largest absolute Gasteiger partial charge is 0.573 e. The average Bonchev–Trinajstić information content (AvgIpc) is 3.09. The van der Waals surface area contributed by atoms with Gasteiger partial charge in [0, 0.05) is 18.1 Å². The third-order valence-electron chi connectivity index (χ3n) is 5.44. The molecular weight excluding hydrogens is 501 g/mol. The number of benzene rings is 2. The third-order valence-corrected chi connectivity index (χ3v) is 5.72. The zero-order valence-corrected chi connectivity index (χ0v) is 19.6. The van der Waals surface area contributed by atoms with Crippen molar-refractivity contribution in [2.75, 3.05) is 12.0 Å². The molecule has 1 fully saturated rings. The first-order valence-corrected chi connectivity index (χ1v) is 10.8. The number of Topliss-reactive ketones (excluding diaryl/α,β-unsaturated/α-hetero) is 1. The van der Waals surface area contributed by atoms with Crippen LogP contribution >= 0.6 is 11.6 Å². The predicted octanol–water partition coefficient (Wildman–Crippen LogP) is 5.58. The van der Waals surface area contributed by atoms with E-state index >= 15 is 0 Å². The van der Waals surface area contributed by atoms with E-state index in [-0.39, 0.29) is 27.6 Å². The van der Waals surface area contributed by atoms with Crippen molar-refractivity contribution in [3.63, 3.8) is 0 Å². The lowest BCUT2D eigenvalue weighted by atomic mass is 9.95. The molecule has 11 heteroatoms. The molecule has 1 atom stereocenters. The van der Waals surface area contributed by atoms with E-state index in [1.54, 1.807) is 31.2 Å². The van der Waals surface area contributed by atoms with Crippen molar-refractivity contribution in [3.8, 4) is 11.5 Å². The number of nitrogens with zero attached hydrogens (tertiary/aromatic N) is 2. The highest BCUT2D eigenvalue weighted by atomic mass is 35.5. The Morgan fingerprint density at radius 2 is 1.83 bits per heavy atom. The van der Waals surface area contributed by atoms with Gasteiger partial charge in [-0.25, -0.2) is 0 Å². The van der Waals surface area contributed by atoms with Crippen LogP contribution in [-0.4, -0.2) is 35.3 Å². The van der Waals surface area contributed by atoms with Crippen LogP contribution in [0.3, 0.4) is 0 Å². The van der Waals surface area contributed by atoms with Gasteiger partial charge in [-0.15, -0.1) is 13.2 Å². The van der Waals surface area contributed by atoms with Crippen molar-refractivity contribution in [1.82, 2.24) is 4.98 Å². The third kappa shape index (κ3) is 4.72. The van der Waals surface area contributed by atoms with Crippen molar-refractivity contribution in [2.24, 2.45) is 0 Å². The maximum absolute atomic E-state index is 13.2. The van der Waals surface area contributed by atoms with Crippen LogP contribution in [0, 0.1) is 6.92 Å². The first kappa shape index (κ1) is 25.1. The molecule has 1 saturated heterocycles. The summed E-state index contributed by atoms with van der Waals surface area (Å²) in [6.45, 7) is 1.73. The van der Waals surface area contributed by atoms with Crippen LogP contribution in [0.15, 0.2) is 66.5 Å². The molecule has 1 aromatic heterocycles. The monoisotopic (exact) mass is 518 g/mol. The van der Waals surface area contributed by atoms with Gasteiger partial charge in [0.1, 0.15) is 17.3 Å². The van der Waals surface area contributed by atoms with Crippen LogP contribution < -0.4 is 14.4 Å². The van der Waals surface area contributed by atoms with E-state index in [0.29, 0.717) is 11.1 Å². The minimum Gasteiger partial charge on any atom is -0.507 e. The van der Waals surface area contributed by atoms with Gasteiger partial charge in [0.25, 0.3) is 11.7 Å². The number of halogens is 4. The number of carbonyl (C=O) groups is 2. The fourth-order valence-electron chi connectivity index (χ4n) is 4.02. The molecule has 7 nitrogen and oxygen atoms in total. The number of methoxy groups -OCH3 is 1. The Bertz CT molecular complexity index is 1360. The SMILES string of the molecule is COc1c(Cl)cc(C)cc1/C(O)=C1\C(=O)C(=O)N(c2ccc(OC(F)(F)F)cc2)C1c1cccnc1. The number of ketones is 1. The Hall–Kier alpha value is -4.05. The normalized spacial score (nSPS) is 17.4. The van der Waals surface area contributed by atoms with E-state index in [1.165, 1.54) is 31.6 Å². The number of aliphatic hydroxyl groups is 1. The lowest BCUT2D eigenvalue weighted by Crippen LogP contribution is -2.29. The molecule has 0 aliphatic carbocycles. The predicted molar refractivity (Wildman–Crippen MR) is 125 cm³/mol. The summed E-state index contributed by atoms with van der Waals surface area (Å²) >= 11 is 6.27. The average molecular weight is 519 g/mol. The molecule has 36 heavy (non-hydrogen) atoms. The van der Waals surface area contributed by atoms with Crippen LogP contribution in [0.2, 0.25) is 5.02 Å². The molecule has 1 aliphatic rings. The van der Waals surface area contributed by atoms with Crippen LogP contribution in [0.1, 0.15) is 22.7 Å². The Balaban J connectivity index is 1.90. The molecule has 1 aliphatic heterocycles. The maximum atomic E-state index is 13.2. The number of pyridine rings is 1. The molecule has 1 N–H and O–H groups in total. The standard InChI is InChI=1S/C25H18ClF3N2O5/c1-13-10-17(23(35-2)18(26)11-13)21(32)19-20(14-4-3-9-30-12-14)31(24(34)22(19)33)15-5-7-16(8-6-15)36-25(27,28)29/h3-12,20,32H,1-2H3/b21-19+. The molecule has 0 bridgehead atoms. The summed E-state index contributed by atoms with van der Waals surface area (Å²) in [7, 11) is 1.34. The van der Waals surface area contributed by atoms with E-state index in [1.807, 2.05) is 0 Å². The highest BCUT2D eigenvalue weighted by Crippen LogP contribution is 2.44. The van der Waals surface area contributed by atoms with Gasteiger partial charge in [-0.3, -0.25) is 19.5 Å². The van der Waals surface area contributed by atoms with E-state index in [2.05, 4.69) is 9.72 Å². The second-order valence-electron chi connectivity index (χ2n) is 7.82. The zero-order valence-electron chi connectivity index (χ0n) is 18.8. The molecule has 0 spiro atoms. The minimum atomic E-state index is -4.89. The highest BCUT2D eigenvalue weighted by Gasteiger charge is 2.47. The lowest BCUT2D eigenvalue weighted by Gasteiger charge is -2.25.